The second kappa shape index (κ2) is 8.55. The summed E-state index contributed by atoms with van der Waals surface area (Å²) in [5.74, 6) is 0.938. The molecule has 1 aliphatic heterocycles. The summed E-state index contributed by atoms with van der Waals surface area (Å²) in [6.45, 7) is 0.253. The lowest BCUT2D eigenvalue weighted by Crippen LogP contribution is -2.29. The first kappa shape index (κ1) is 21.5. The molecule has 0 bridgehead atoms. The van der Waals surface area contributed by atoms with E-state index in [9.17, 15) is 9.59 Å². The number of nitrogens with zero attached hydrogens (tertiary/aromatic N) is 2. The number of hydrogen-bond acceptors (Lipinski definition) is 7. The van der Waals surface area contributed by atoms with Gasteiger partial charge in [0.2, 0.25) is 11.5 Å². The molecule has 0 aliphatic carbocycles. The van der Waals surface area contributed by atoms with Crippen LogP contribution in [0.3, 0.4) is 0 Å². The maximum Gasteiger partial charge on any atom is 0.291 e. The average Bonchev–Trinajstić information content (AvgIpc) is 3.15. The largest absolute Gasteiger partial charge is 0.493 e. The highest BCUT2D eigenvalue weighted by atomic mass is 16.5. The molecule has 1 amide bonds. The van der Waals surface area contributed by atoms with E-state index in [1.807, 2.05) is 12.1 Å². The lowest BCUT2D eigenvalue weighted by molar-refractivity contribution is 0.0714. The molecule has 0 fully saturated rings. The molecular formula is C26H22N2O6. The highest BCUT2D eigenvalue weighted by Crippen LogP contribution is 2.45. The van der Waals surface area contributed by atoms with Gasteiger partial charge in [-0.3, -0.25) is 14.6 Å². The minimum atomic E-state index is -0.717. The Kier molecular flexibility index (Phi) is 5.41. The Labute approximate surface area is 195 Å². The molecule has 0 N–H and O–H groups in total. The zero-order valence-electron chi connectivity index (χ0n) is 18.9. The van der Waals surface area contributed by atoms with Crippen LogP contribution in [-0.2, 0) is 6.54 Å². The maximum absolute atomic E-state index is 13.6. The third-order valence-electron chi connectivity index (χ3n) is 5.98. The molecular weight excluding hydrogens is 436 g/mol. The summed E-state index contributed by atoms with van der Waals surface area (Å²) in [7, 11) is 4.56. The van der Waals surface area contributed by atoms with Crippen LogP contribution in [0.5, 0.6) is 17.2 Å². The van der Waals surface area contributed by atoms with Crippen molar-refractivity contribution in [1.82, 2.24) is 9.88 Å². The minimum Gasteiger partial charge on any atom is -0.493 e. The van der Waals surface area contributed by atoms with Crippen molar-refractivity contribution in [2.75, 3.05) is 21.3 Å². The summed E-state index contributed by atoms with van der Waals surface area (Å²) >= 11 is 0. The molecule has 34 heavy (non-hydrogen) atoms. The van der Waals surface area contributed by atoms with E-state index < -0.39 is 6.04 Å². The van der Waals surface area contributed by atoms with Gasteiger partial charge >= 0.3 is 0 Å². The number of hydrogen-bond donors (Lipinski definition) is 0. The molecule has 3 heterocycles. The number of aromatic nitrogens is 1. The molecule has 2 aromatic heterocycles. The Morgan fingerprint density at radius 3 is 2.26 bits per heavy atom. The van der Waals surface area contributed by atoms with Gasteiger partial charge in [0.15, 0.2) is 16.9 Å². The fourth-order valence-electron chi connectivity index (χ4n) is 4.42. The van der Waals surface area contributed by atoms with Crippen LogP contribution in [0, 0.1) is 0 Å². The van der Waals surface area contributed by atoms with Crippen molar-refractivity contribution in [1.29, 1.82) is 0 Å². The molecule has 0 saturated heterocycles. The van der Waals surface area contributed by atoms with Crippen molar-refractivity contribution < 1.29 is 23.4 Å². The molecule has 5 rings (SSSR count). The number of carbonyl (C=O) groups excluding carboxylic acids is 1. The van der Waals surface area contributed by atoms with E-state index in [0.717, 1.165) is 5.56 Å². The van der Waals surface area contributed by atoms with Crippen molar-refractivity contribution >= 4 is 16.9 Å². The fourth-order valence-corrected chi connectivity index (χ4v) is 4.42. The predicted octanol–water partition coefficient (Wildman–Crippen LogP) is 3.96. The van der Waals surface area contributed by atoms with Gasteiger partial charge in [-0.05, 0) is 47.5 Å². The van der Waals surface area contributed by atoms with Crippen LogP contribution in [0.1, 0.15) is 33.3 Å². The number of pyridine rings is 1. The molecule has 0 saturated carbocycles. The van der Waals surface area contributed by atoms with Crippen molar-refractivity contribution in [2.24, 2.45) is 0 Å². The predicted molar refractivity (Wildman–Crippen MR) is 125 cm³/mol. The topological polar surface area (TPSA) is 91.1 Å². The van der Waals surface area contributed by atoms with Crippen LogP contribution >= 0.6 is 0 Å². The lowest BCUT2D eigenvalue weighted by Gasteiger charge is -2.26. The van der Waals surface area contributed by atoms with Crippen LogP contribution in [0.25, 0.3) is 11.0 Å². The van der Waals surface area contributed by atoms with Gasteiger partial charge in [-0.25, -0.2) is 0 Å². The summed E-state index contributed by atoms with van der Waals surface area (Å²) in [5, 5.41) is 0.414. The Balaban J connectivity index is 1.77. The fraction of sp³-hybridized carbons (Fsp3) is 0.192. The quantitative estimate of drug-likeness (QED) is 0.432. The second-order valence-electron chi connectivity index (χ2n) is 7.82. The van der Waals surface area contributed by atoms with Gasteiger partial charge < -0.3 is 23.5 Å². The number of para-hydroxylation sites is 1. The smallest absolute Gasteiger partial charge is 0.291 e. The molecule has 8 heteroatoms. The monoisotopic (exact) mass is 458 g/mol. The molecule has 0 unspecified atom stereocenters. The van der Waals surface area contributed by atoms with E-state index in [2.05, 4.69) is 4.98 Å². The molecule has 1 aliphatic rings. The number of fused-ring (bicyclic) bond motifs is 2. The van der Waals surface area contributed by atoms with E-state index in [-0.39, 0.29) is 29.2 Å². The standard InChI is InChI=1S/C26H22N2O6/c1-31-19-12-16(13-20(32-2)24(19)33-3)22-21-23(29)17-6-4-5-7-18(17)34-25(21)26(30)28(22)14-15-8-10-27-11-9-15/h4-13,22H,14H2,1-3H3/t22-/m0/s1. The number of methoxy groups -OCH3 is 3. The van der Waals surface area contributed by atoms with Gasteiger partial charge in [0, 0.05) is 18.9 Å². The van der Waals surface area contributed by atoms with Crippen molar-refractivity contribution in [3.05, 3.63) is 93.6 Å². The van der Waals surface area contributed by atoms with Crippen LogP contribution in [0.2, 0.25) is 0 Å². The van der Waals surface area contributed by atoms with E-state index in [4.69, 9.17) is 18.6 Å². The molecule has 172 valence electrons. The SMILES string of the molecule is COc1cc([C@H]2c3c(oc4ccccc4c3=O)C(=O)N2Cc2ccncc2)cc(OC)c1OC. The normalized spacial score (nSPS) is 14.9. The van der Waals surface area contributed by atoms with Crippen LogP contribution in [0.4, 0.5) is 0 Å². The Morgan fingerprint density at radius 2 is 1.62 bits per heavy atom. The number of ether oxygens (including phenoxy) is 3. The summed E-state index contributed by atoms with van der Waals surface area (Å²) in [4.78, 5) is 32.9. The highest BCUT2D eigenvalue weighted by molar-refractivity contribution is 5.99. The summed E-state index contributed by atoms with van der Waals surface area (Å²) in [6, 6.07) is 13.4. The number of benzene rings is 2. The van der Waals surface area contributed by atoms with Crippen molar-refractivity contribution in [2.45, 2.75) is 12.6 Å². The zero-order valence-corrected chi connectivity index (χ0v) is 18.9. The highest BCUT2D eigenvalue weighted by Gasteiger charge is 2.43. The first-order chi connectivity index (χ1) is 16.6. The molecule has 0 radical (unpaired) electrons. The molecule has 2 aromatic carbocycles. The van der Waals surface area contributed by atoms with Gasteiger partial charge in [-0.1, -0.05) is 12.1 Å². The van der Waals surface area contributed by atoms with Crippen LogP contribution in [-0.4, -0.2) is 37.1 Å². The van der Waals surface area contributed by atoms with Gasteiger partial charge in [-0.2, -0.15) is 0 Å². The van der Waals surface area contributed by atoms with E-state index in [1.54, 1.807) is 53.7 Å². The van der Waals surface area contributed by atoms with Gasteiger partial charge in [0.25, 0.3) is 5.91 Å². The summed E-state index contributed by atoms with van der Waals surface area (Å²) in [5.41, 5.74) is 1.91. The second-order valence-corrected chi connectivity index (χ2v) is 7.82. The maximum atomic E-state index is 13.6. The Morgan fingerprint density at radius 1 is 0.941 bits per heavy atom. The lowest BCUT2D eigenvalue weighted by atomic mass is 9.97. The van der Waals surface area contributed by atoms with Crippen LogP contribution < -0.4 is 19.6 Å². The first-order valence-corrected chi connectivity index (χ1v) is 10.6. The van der Waals surface area contributed by atoms with E-state index >= 15 is 0 Å². The Hall–Kier alpha value is -4.33. The molecule has 8 nitrogen and oxygen atoms in total. The van der Waals surface area contributed by atoms with E-state index in [0.29, 0.717) is 33.8 Å². The molecule has 4 aromatic rings. The summed E-state index contributed by atoms with van der Waals surface area (Å²) in [6.07, 6.45) is 3.32. The third-order valence-corrected chi connectivity index (χ3v) is 5.98. The molecule has 0 spiro atoms. The van der Waals surface area contributed by atoms with Crippen molar-refractivity contribution in [3.8, 4) is 17.2 Å². The first-order valence-electron chi connectivity index (χ1n) is 10.6. The average molecular weight is 458 g/mol. The van der Waals surface area contributed by atoms with Crippen molar-refractivity contribution in [3.63, 3.8) is 0 Å². The molecule has 1 atom stereocenters. The zero-order chi connectivity index (χ0) is 23.8. The number of rotatable bonds is 6. The third kappa shape index (κ3) is 3.35. The summed E-state index contributed by atoms with van der Waals surface area (Å²) < 4.78 is 22.5. The number of carbonyl (C=O) groups is 1. The Bertz CT molecular complexity index is 1420. The van der Waals surface area contributed by atoms with Gasteiger partial charge in [-0.15, -0.1) is 0 Å². The van der Waals surface area contributed by atoms with E-state index in [1.165, 1.54) is 21.3 Å². The van der Waals surface area contributed by atoms with Gasteiger partial charge in [0.05, 0.1) is 38.3 Å². The van der Waals surface area contributed by atoms with Crippen LogP contribution in [0.15, 0.2) is 70.1 Å². The van der Waals surface area contributed by atoms with Gasteiger partial charge in [0.1, 0.15) is 5.58 Å². The number of amides is 1. The minimum absolute atomic E-state index is 0.0384.